The largest absolute Gasteiger partial charge is 0.457 e. The van der Waals surface area contributed by atoms with Crippen LogP contribution in [0.25, 0.3) is 11.3 Å². The number of likely N-dealkylation sites (tertiary alicyclic amines) is 2. The van der Waals surface area contributed by atoms with Crippen LogP contribution in [0.15, 0.2) is 48.5 Å². The van der Waals surface area contributed by atoms with Crippen LogP contribution in [-0.2, 0) is 16.1 Å². The van der Waals surface area contributed by atoms with Crippen molar-refractivity contribution in [2.24, 2.45) is 5.92 Å². The van der Waals surface area contributed by atoms with Crippen LogP contribution in [0, 0.1) is 11.7 Å². The van der Waals surface area contributed by atoms with Crippen LogP contribution in [0.3, 0.4) is 0 Å². The zero-order valence-corrected chi connectivity index (χ0v) is 27.6. The number of nitrogens with one attached hydrogen (secondary N) is 1. The highest BCUT2D eigenvalue weighted by Crippen LogP contribution is 2.34. The van der Waals surface area contributed by atoms with Crippen molar-refractivity contribution in [1.29, 1.82) is 0 Å². The van der Waals surface area contributed by atoms with Crippen LogP contribution in [0.5, 0.6) is 11.5 Å². The van der Waals surface area contributed by atoms with Crippen LogP contribution < -0.4 is 10.1 Å². The highest BCUT2D eigenvalue weighted by Gasteiger charge is 2.47. The highest BCUT2D eigenvalue weighted by atomic mass is 19.3. The molecule has 2 aromatic carbocycles. The first-order chi connectivity index (χ1) is 23.0. The van der Waals surface area contributed by atoms with Crippen molar-refractivity contribution in [2.45, 2.75) is 76.9 Å². The quantitative estimate of drug-likeness (QED) is 0.292. The van der Waals surface area contributed by atoms with Gasteiger partial charge in [-0.3, -0.25) is 14.5 Å². The summed E-state index contributed by atoms with van der Waals surface area (Å²) in [6.45, 7) is 7.64. The molecule has 2 atom stereocenters. The Bertz CT molecular complexity index is 1610. The first-order valence-electron chi connectivity index (χ1n) is 16.7. The number of nitrogens with zero attached hydrogens (tertiary/aromatic N) is 4. The Balaban J connectivity index is 1.22. The molecule has 1 N–H and O–H groups in total. The van der Waals surface area contributed by atoms with Gasteiger partial charge in [-0.25, -0.2) is 13.2 Å². The lowest BCUT2D eigenvalue weighted by molar-refractivity contribution is -0.128. The van der Waals surface area contributed by atoms with Gasteiger partial charge >= 0.3 is 0 Å². The van der Waals surface area contributed by atoms with Crippen LogP contribution in [0.4, 0.5) is 13.2 Å². The first kappa shape index (κ1) is 33.9. The molecular weight excluding hydrogens is 623 g/mol. The summed E-state index contributed by atoms with van der Waals surface area (Å²) in [5.41, 5.74) is 2.34. The van der Waals surface area contributed by atoms with E-state index in [1.54, 1.807) is 21.9 Å². The summed E-state index contributed by atoms with van der Waals surface area (Å²) in [5, 5.41) is 11.0. The molecule has 1 aromatic heterocycles. The van der Waals surface area contributed by atoms with Crippen molar-refractivity contribution in [2.75, 3.05) is 32.8 Å². The van der Waals surface area contributed by atoms with Gasteiger partial charge in [0.05, 0.1) is 29.5 Å². The number of rotatable bonds is 9. The Kier molecular flexibility index (Phi) is 10.0. The predicted molar refractivity (Wildman–Crippen MR) is 173 cm³/mol. The van der Waals surface area contributed by atoms with E-state index in [-0.39, 0.29) is 42.5 Å². The summed E-state index contributed by atoms with van der Waals surface area (Å²) in [6, 6.07) is 11.9. The maximum absolute atomic E-state index is 15.6. The molecule has 6 rings (SSSR count). The number of alkyl halides is 2. The molecule has 9 nitrogen and oxygen atoms in total. The Labute approximate surface area is 278 Å². The van der Waals surface area contributed by atoms with Crippen molar-refractivity contribution in [3.63, 3.8) is 0 Å². The van der Waals surface area contributed by atoms with Crippen molar-refractivity contribution in [3.05, 3.63) is 71.2 Å². The number of carbonyl (C=O) groups excluding carboxylic acids is 2. The molecule has 0 unspecified atom stereocenters. The molecule has 3 saturated heterocycles. The van der Waals surface area contributed by atoms with Gasteiger partial charge in [0.2, 0.25) is 5.91 Å². The number of halogens is 3. The summed E-state index contributed by atoms with van der Waals surface area (Å²) in [4.78, 5) is 29.4. The third-order valence-corrected chi connectivity index (χ3v) is 9.46. The van der Waals surface area contributed by atoms with E-state index in [0.717, 1.165) is 17.3 Å². The van der Waals surface area contributed by atoms with Gasteiger partial charge in [-0.15, -0.1) is 0 Å². The lowest BCUT2D eigenvalue weighted by atomic mass is 9.96. The second-order valence-corrected chi connectivity index (χ2v) is 13.5. The molecule has 4 heterocycles. The minimum absolute atomic E-state index is 0.0175. The zero-order valence-electron chi connectivity index (χ0n) is 27.6. The average molecular weight is 666 g/mol. The van der Waals surface area contributed by atoms with Crippen molar-refractivity contribution >= 4 is 11.8 Å². The second kappa shape index (κ2) is 14.2. The molecule has 48 heavy (non-hydrogen) atoms. The van der Waals surface area contributed by atoms with Crippen LogP contribution in [0.1, 0.15) is 74.0 Å². The number of ether oxygens (including phenoxy) is 2. The van der Waals surface area contributed by atoms with Gasteiger partial charge in [-0.2, -0.15) is 10.2 Å². The second-order valence-electron chi connectivity index (χ2n) is 13.5. The van der Waals surface area contributed by atoms with E-state index >= 15 is 13.2 Å². The maximum Gasteiger partial charge on any atom is 0.280 e. The highest BCUT2D eigenvalue weighted by molar-refractivity contribution is 5.95. The predicted octanol–water partition coefficient (Wildman–Crippen LogP) is 6.19. The number of amides is 2. The topological polar surface area (TPSA) is 96.9 Å². The SMILES string of the molecule is CC(C)c1ccc(-c2ccc(Oc3cc(C(=O)N[C@@H]4CCN(C5CCOCC5)CC4(F)F)c(F)cc3CN3C[C@@H](C)CC3=O)cc2)nn1. The van der Waals surface area contributed by atoms with Gasteiger partial charge in [0.15, 0.2) is 0 Å². The van der Waals surface area contributed by atoms with Gasteiger partial charge in [-0.05, 0) is 79.6 Å². The van der Waals surface area contributed by atoms with E-state index in [2.05, 4.69) is 15.5 Å². The number of hydrogen-bond acceptors (Lipinski definition) is 7. The molecule has 0 saturated carbocycles. The van der Waals surface area contributed by atoms with E-state index in [0.29, 0.717) is 62.6 Å². The summed E-state index contributed by atoms with van der Waals surface area (Å²) in [7, 11) is 0. The zero-order chi connectivity index (χ0) is 34.0. The molecule has 256 valence electrons. The van der Waals surface area contributed by atoms with Gasteiger partial charge in [0.25, 0.3) is 11.8 Å². The summed E-state index contributed by atoms with van der Waals surface area (Å²) < 4.78 is 57.8. The Morgan fingerprint density at radius 3 is 2.46 bits per heavy atom. The third kappa shape index (κ3) is 7.65. The van der Waals surface area contributed by atoms with Crippen LogP contribution in [0.2, 0.25) is 0 Å². The van der Waals surface area contributed by atoms with Crippen LogP contribution >= 0.6 is 0 Å². The maximum atomic E-state index is 15.6. The lowest BCUT2D eigenvalue weighted by Crippen LogP contribution is -2.60. The molecule has 12 heteroatoms. The van der Waals surface area contributed by atoms with Crippen LogP contribution in [-0.4, -0.2) is 82.7 Å². The third-order valence-electron chi connectivity index (χ3n) is 9.46. The fourth-order valence-corrected chi connectivity index (χ4v) is 6.68. The number of piperidine rings is 1. The summed E-state index contributed by atoms with van der Waals surface area (Å²) in [6.07, 6.45) is 1.81. The molecule has 3 aromatic rings. The van der Waals surface area contributed by atoms with Crippen molar-refractivity contribution in [1.82, 2.24) is 25.3 Å². The van der Waals surface area contributed by atoms with Gasteiger partial charge in [0, 0.05) is 56.4 Å². The Hall–Kier alpha value is -4.03. The fraction of sp³-hybridized carbons (Fsp3) is 0.500. The van der Waals surface area contributed by atoms with Crippen molar-refractivity contribution < 1.29 is 32.2 Å². The summed E-state index contributed by atoms with van der Waals surface area (Å²) >= 11 is 0. The lowest BCUT2D eigenvalue weighted by Gasteiger charge is -2.43. The number of benzene rings is 2. The molecule has 3 aliphatic rings. The average Bonchev–Trinajstić information content (AvgIpc) is 3.39. The van der Waals surface area contributed by atoms with E-state index in [1.165, 1.54) is 6.07 Å². The molecule has 0 bridgehead atoms. The molecule has 3 fully saturated rings. The monoisotopic (exact) mass is 665 g/mol. The number of hydrogen-bond donors (Lipinski definition) is 1. The molecule has 3 aliphatic heterocycles. The molecule has 0 aliphatic carbocycles. The fourth-order valence-electron chi connectivity index (χ4n) is 6.68. The minimum Gasteiger partial charge on any atom is -0.457 e. The van der Waals surface area contributed by atoms with E-state index < -0.39 is 35.8 Å². The minimum atomic E-state index is -3.20. The normalized spacial score (nSPS) is 21.9. The van der Waals surface area contributed by atoms with Gasteiger partial charge in [0.1, 0.15) is 17.3 Å². The summed E-state index contributed by atoms with van der Waals surface area (Å²) in [5.74, 6) is -4.11. The molecule has 0 radical (unpaired) electrons. The van der Waals surface area contributed by atoms with Gasteiger partial charge < -0.3 is 19.7 Å². The van der Waals surface area contributed by atoms with Gasteiger partial charge in [-0.1, -0.05) is 20.8 Å². The first-order valence-corrected chi connectivity index (χ1v) is 16.7. The van der Waals surface area contributed by atoms with E-state index in [4.69, 9.17) is 9.47 Å². The molecular formula is C36H42F3N5O4. The standard InChI is InChI=1S/C36H42F3N5O4/c1-22(2)30-8-9-31(42-41-30)24-4-6-27(7-5-24)48-32-18-28(29(37)17-25(32)20-44-19-23(3)16-34(44)45)35(46)40-33-10-13-43(21-36(33,38)39)26-11-14-47-15-12-26/h4-9,17-18,22-23,26,33H,10-16,19-21H2,1-3H3,(H,40,46)/t23-,33+/m0/s1. The Morgan fingerprint density at radius 2 is 1.83 bits per heavy atom. The smallest absolute Gasteiger partial charge is 0.280 e. The number of aromatic nitrogens is 2. The molecule has 0 spiro atoms. The number of carbonyl (C=O) groups is 2. The van der Waals surface area contributed by atoms with E-state index in [9.17, 15) is 9.59 Å². The Morgan fingerprint density at radius 1 is 1.08 bits per heavy atom. The molecule has 2 amide bonds. The van der Waals surface area contributed by atoms with Crippen molar-refractivity contribution in [3.8, 4) is 22.8 Å². The van der Waals surface area contributed by atoms with E-state index in [1.807, 2.05) is 45.0 Å².